The monoisotopic (exact) mass is 221 g/mol. The second-order valence-electron chi connectivity index (χ2n) is 4.21. The molecule has 17 heavy (non-hydrogen) atoms. The van der Waals surface area contributed by atoms with Crippen LogP contribution in [0.5, 0.6) is 0 Å². The van der Waals surface area contributed by atoms with E-state index in [-0.39, 0.29) is 0 Å². The first-order valence-corrected chi connectivity index (χ1v) is 5.48. The summed E-state index contributed by atoms with van der Waals surface area (Å²) in [5.41, 5.74) is 1.70. The van der Waals surface area contributed by atoms with Crippen LogP contribution in [0.2, 0.25) is 0 Å². The van der Waals surface area contributed by atoms with Gasteiger partial charge in [-0.25, -0.2) is 0 Å². The molecule has 3 heteroatoms. The number of rotatable bonds is 0. The van der Waals surface area contributed by atoms with Gasteiger partial charge in [0.1, 0.15) is 0 Å². The maximum absolute atomic E-state index is 9.80. The molecule has 0 saturated carbocycles. The largest absolute Gasteiger partial charge is 0.349 e. The molecule has 0 bridgehead atoms. The molecular formula is C14H9N2O+. The fourth-order valence-corrected chi connectivity index (χ4v) is 2.52. The van der Waals surface area contributed by atoms with Crippen molar-refractivity contribution in [2.24, 2.45) is 0 Å². The maximum Gasteiger partial charge on any atom is 0.326 e. The van der Waals surface area contributed by atoms with Gasteiger partial charge in [0.2, 0.25) is 0 Å². The van der Waals surface area contributed by atoms with Crippen LogP contribution in [0.15, 0.2) is 48.8 Å². The van der Waals surface area contributed by atoms with Crippen LogP contribution in [-0.2, 0) is 0 Å². The summed E-state index contributed by atoms with van der Waals surface area (Å²) in [6, 6.07) is 14.2. The van der Waals surface area contributed by atoms with Crippen LogP contribution in [0.4, 0.5) is 0 Å². The molecule has 0 unspecified atom stereocenters. The van der Waals surface area contributed by atoms with Crippen molar-refractivity contribution >= 4 is 32.6 Å². The van der Waals surface area contributed by atoms with Crippen LogP contribution in [-0.4, -0.2) is 10.2 Å². The summed E-state index contributed by atoms with van der Waals surface area (Å²) in [6.45, 7) is 0. The van der Waals surface area contributed by atoms with E-state index in [0.717, 1.165) is 21.2 Å². The highest BCUT2D eigenvalue weighted by Crippen LogP contribution is 2.31. The average molecular weight is 221 g/mol. The molecule has 0 aliphatic heterocycles. The van der Waals surface area contributed by atoms with E-state index in [2.05, 4.69) is 23.2 Å². The molecule has 1 aromatic heterocycles. The molecule has 4 aromatic rings. The van der Waals surface area contributed by atoms with Crippen molar-refractivity contribution in [2.75, 3.05) is 0 Å². The number of hydrogen-bond acceptors (Lipinski definition) is 2. The molecule has 3 nitrogen and oxygen atoms in total. The Balaban J connectivity index is 2.48. The maximum atomic E-state index is 9.80. The van der Waals surface area contributed by atoms with Gasteiger partial charge in [-0.2, -0.15) is 0 Å². The lowest BCUT2D eigenvalue weighted by Gasteiger charge is -2.06. The van der Waals surface area contributed by atoms with E-state index in [4.69, 9.17) is 0 Å². The van der Waals surface area contributed by atoms with Gasteiger partial charge in [0.25, 0.3) is 0 Å². The Morgan fingerprint density at radius 3 is 2.47 bits per heavy atom. The summed E-state index contributed by atoms with van der Waals surface area (Å²) >= 11 is 0. The Morgan fingerprint density at radius 2 is 1.65 bits per heavy atom. The average Bonchev–Trinajstić information content (AvgIpc) is 2.38. The van der Waals surface area contributed by atoms with Gasteiger partial charge in [0, 0.05) is 5.39 Å². The first kappa shape index (κ1) is 8.70. The van der Waals surface area contributed by atoms with E-state index in [0.29, 0.717) is 0 Å². The standard InChI is InChI=1S/C14H9N2O/c17-16-8-15-11-6-4-9-2-1-3-10-5-7-12(16)14(11)13(9)10/h1-8,17H/q+1. The minimum Gasteiger partial charge on any atom is -0.349 e. The van der Waals surface area contributed by atoms with E-state index in [9.17, 15) is 5.21 Å². The third-order valence-electron chi connectivity index (χ3n) is 3.29. The van der Waals surface area contributed by atoms with E-state index < -0.39 is 0 Å². The fourth-order valence-electron chi connectivity index (χ4n) is 2.52. The molecule has 1 heterocycles. The summed E-state index contributed by atoms with van der Waals surface area (Å²) in [5.74, 6) is 0. The molecular weight excluding hydrogens is 212 g/mol. The molecule has 80 valence electrons. The van der Waals surface area contributed by atoms with Gasteiger partial charge in [-0.3, -0.25) is 0 Å². The second-order valence-corrected chi connectivity index (χ2v) is 4.21. The highest BCUT2D eigenvalue weighted by atomic mass is 16.5. The normalized spacial score (nSPS) is 11.8. The van der Waals surface area contributed by atoms with Crippen LogP contribution in [0.1, 0.15) is 0 Å². The number of hydrogen-bond donors (Lipinski definition) is 1. The van der Waals surface area contributed by atoms with Crippen LogP contribution >= 0.6 is 0 Å². The minimum atomic E-state index is 0.791. The number of aromatic nitrogens is 2. The zero-order chi connectivity index (χ0) is 11.4. The van der Waals surface area contributed by atoms with Gasteiger partial charge in [-0.15, -0.1) is 0 Å². The Bertz CT molecular complexity index is 839. The fraction of sp³-hybridized carbons (Fsp3) is 0. The van der Waals surface area contributed by atoms with Gasteiger partial charge in [0.05, 0.1) is 5.39 Å². The smallest absolute Gasteiger partial charge is 0.326 e. The number of nitrogens with zero attached hydrogens (tertiary/aromatic N) is 2. The van der Waals surface area contributed by atoms with Gasteiger partial charge < -0.3 is 5.21 Å². The van der Waals surface area contributed by atoms with Crippen LogP contribution in [0.25, 0.3) is 32.6 Å². The Hall–Kier alpha value is -2.42. The minimum absolute atomic E-state index is 0.791. The topological polar surface area (TPSA) is 37.0 Å². The van der Waals surface area contributed by atoms with Crippen molar-refractivity contribution < 1.29 is 9.94 Å². The summed E-state index contributed by atoms with van der Waals surface area (Å²) in [5, 5.41) is 14.3. The van der Waals surface area contributed by atoms with Crippen LogP contribution in [0, 0.1) is 0 Å². The van der Waals surface area contributed by atoms with Crippen molar-refractivity contribution in [1.29, 1.82) is 0 Å². The summed E-state index contributed by atoms with van der Waals surface area (Å²) in [7, 11) is 0. The quantitative estimate of drug-likeness (QED) is 0.281. The number of benzene rings is 3. The predicted molar refractivity (Wildman–Crippen MR) is 65.3 cm³/mol. The Kier molecular flexibility index (Phi) is 1.45. The van der Waals surface area contributed by atoms with Crippen molar-refractivity contribution in [3.05, 3.63) is 48.8 Å². The predicted octanol–water partition coefficient (Wildman–Crippen LogP) is 2.50. The highest BCUT2D eigenvalue weighted by molar-refractivity contribution is 6.20. The third-order valence-corrected chi connectivity index (χ3v) is 3.29. The van der Waals surface area contributed by atoms with Crippen molar-refractivity contribution in [1.82, 2.24) is 4.98 Å². The molecule has 0 amide bonds. The molecule has 0 aliphatic carbocycles. The van der Waals surface area contributed by atoms with Gasteiger partial charge in [-0.1, -0.05) is 18.2 Å². The molecule has 0 fully saturated rings. The van der Waals surface area contributed by atoms with Crippen molar-refractivity contribution in [3.63, 3.8) is 0 Å². The van der Waals surface area contributed by atoms with Crippen molar-refractivity contribution in [2.45, 2.75) is 0 Å². The summed E-state index contributed by atoms with van der Waals surface area (Å²) < 4.78 is 1.08. The lowest BCUT2D eigenvalue weighted by atomic mass is 9.99. The molecule has 3 aromatic carbocycles. The zero-order valence-corrected chi connectivity index (χ0v) is 8.96. The lowest BCUT2D eigenvalue weighted by Crippen LogP contribution is -2.31. The van der Waals surface area contributed by atoms with Crippen LogP contribution < -0.4 is 4.73 Å². The lowest BCUT2D eigenvalue weighted by molar-refractivity contribution is -0.886. The van der Waals surface area contributed by atoms with E-state index >= 15 is 0 Å². The molecule has 0 saturated heterocycles. The molecule has 0 spiro atoms. The van der Waals surface area contributed by atoms with E-state index in [1.54, 1.807) is 0 Å². The molecule has 0 atom stereocenters. The molecule has 0 radical (unpaired) electrons. The Morgan fingerprint density at radius 1 is 0.882 bits per heavy atom. The Labute approximate surface area is 96.9 Å². The molecule has 0 aliphatic rings. The van der Waals surface area contributed by atoms with E-state index in [1.165, 1.54) is 22.5 Å². The SMILES string of the molecule is O[n+]1cnc2ccc3cccc4ccc1c2c34. The van der Waals surface area contributed by atoms with E-state index in [1.807, 2.05) is 24.3 Å². The summed E-state index contributed by atoms with van der Waals surface area (Å²) in [6.07, 6.45) is 1.43. The third kappa shape index (κ3) is 1.00. The summed E-state index contributed by atoms with van der Waals surface area (Å²) in [4.78, 5) is 4.25. The first-order chi connectivity index (χ1) is 8.34. The van der Waals surface area contributed by atoms with Crippen molar-refractivity contribution in [3.8, 4) is 0 Å². The van der Waals surface area contributed by atoms with Gasteiger partial charge in [0.15, 0.2) is 11.0 Å². The highest BCUT2D eigenvalue weighted by Gasteiger charge is 2.15. The first-order valence-electron chi connectivity index (χ1n) is 5.48. The van der Waals surface area contributed by atoms with Crippen LogP contribution in [0.3, 0.4) is 0 Å². The zero-order valence-electron chi connectivity index (χ0n) is 8.96. The van der Waals surface area contributed by atoms with Gasteiger partial charge >= 0.3 is 6.33 Å². The molecule has 4 rings (SSSR count). The second kappa shape index (κ2) is 2.83. The molecule has 1 N–H and O–H groups in total. The van der Waals surface area contributed by atoms with Gasteiger partial charge in [-0.05, 0) is 44.8 Å².